The zero-order chi connectivity index (χ0) is 30.3. The molecule has 0 bridgehead atoms. The molecular weight excluding hydrogens is 679 g/mol. The van der Waals surface area contributed by atoms with Crippen LogP contribution in [0.15, 0.2) is 113 Å². The van der Waals surface area contributed by atoms with E-state index in [9.17, 15) is 0 Å². The summed E-state index contributed by atoms with van der Waals surface area (Å²) < 4.78 is 5.54. The van der Waals surface area contributed by atoms with E-state index in [0.717, 1.165) is 6.42 Å². The Hall–Kier alpha value is -2.31. The summed E-state index contributed by atoms with van der Waals surface area (Å²) in [4.78, 5) is 0. The third-order valence-electron chi connectivity index (χ3n) is 10.9. The van der Waals surface area contributed by atoms with Crippen molar-refractivity contribution in [2.75, 3.05) is 0 Å². The quantitative estimate of drug-likeness (QED) is 0.226. The maximum Gasteiger partial charge on any atom is -1.00 e. The molecule has 1 fully saturated rings. The second kappa shape index (κ2) is 14.4. The van der Waals surface area contributed by atoms with E-state index in [1.54, 1.807) is 12.1 Å². The van der Waals surface area contributed by atoms with Gasteiger partial charge in [0.2, 0.25) is 0 Å². The molecule has 0 aliphatic heterocycles. The fraction of sp³-hybridized carbons (Fsp3) is 0.326. The molecule has 0 amide bonds. The van der Waals surface area contributed by atoms with E-state index in [-0.39, 0.29) is 35.6 Å². The number of hydrogen-bond donors (Lipinski definition) is 0. The Labute approximate surface area is 297 Å². The molecule has 0 atom stereocenters. The predicted octanol–water partition coefficient (Wildman–Crippen LogP) is 4.53. The van der Waals surface area contributed by atoms with Gasteiger partial charge in [-0.3, -0.25) is 0 Å². The van der Waals surface area contributed by atoms with Gasteiger partial charge in [-0.15, -0.1) is 0 Å². The minimum absolute atomic E-state index is 0. The van der Waals surface area contributed by atoms with Gasteiger partial charge < -0.3 is 24.8 Å². The van der Waals surface area contributed by atoms with Crippen molar-refractivity contribution in [3.63, 3.8) is 0 Å². The third-order valence-corrected chi connectivity index (χ3v) is 18.8. The van der Waals surface area contributed by atoms with Crippen LogP contribution in [0.4, 0.5) is 0 Å². The van der Waals surface area contributed by atoms with Gasteiger partial charge in [0.1, 0.15) is 0 Å². The van der Waals surface area contributed by atoms with Crippen LogP contribution in [0.25, 0.3) is 11.1 Å². The molecule has 0 nitrogen and oxygen atoms in total. The van der Waals surface area contributed by atoms with Crippen LogP contribution in [0.3, 0.4) is 0 Å². The summed E-state index contributed by atoms with van der Waals surface area (Å²) in [5, 5.41) is 0. The van der Waals surface area contributed by atoms with Crippen molar-refractivity contribution in [1.82, 2.24) is 0 Å². The molecule has 0 radical (unpaired) electrons. The summed E-state index contributed by atoms with van der Waals surface area (Å²) >= 11 is -2.30. The van der Waals surface area contributed by atoms with Crippen molar-refractivity contribution in [3.05, 3.63) is 146 Å². The Morgan fingerprint density at radius 2 is 1.17 bits per heavy atom. The molecule has 3 aliphatic carbocycles. The first-order chi connectivity index (χ1) is 21.3. The summed E-state index contributed by atoms with van der Waals surface area (Å²) in [6.07, 6.45) is 17.8. The summed E-state index contributed by atoms with van der Waals surface area (Å²) in [6.45, 7) is 9.65. The average Bonchev–Trinajstić information content (AvgIpc) is 3.63. The molecule has 0 saturated heterocycles. The van der Waals surface area contributed by atoms with Gasteiger partial charge in [0.15, 0.2) is 0 Å². The second-order valence-electron chi connectivity index (χ2n) is 14.3. The van der Waals surface area contributed by atoms with Crippen molar-refractivity contribution < 1.29 is 46.1 Å². The van der Waals surface area contributed by atoms with Gasteiger partial charge in [-0.1, -0.05) is 0 Å². The van der Waals surface area contributed by atoms with Crippen LogP contribution in [0.2, 0.25) is 0 Å². The van der Waals surface area contributed by atoms with Crippen molar-refractivity contribution in [2.45, 2.75) is 89.9 Å². The van der Waals surface area contributed by atoms with Crippen molar-refractivity contribution >= 4 is 6.48 Å². The zero-order valence-corrected chi connectivity index (χ0v) is 31.8. The molecule has 7 rings (SSSR count). The molecule has 0 N–H and O–H groups in total. The van der Waals surface area contributed by atoms with E-state index >= 15 is 0 Å². The second-order valence-corrected chi connectivity index (χ2v) is 20.8. The molecule has 4 aromatic rings. The number of hydrogen-bond acceptors (Lipinski definition) is 0. The van der Waals surface area contributed by atoms with Gasteiger partial charge >= 0.3 is 275 Å². The number of rotatable bonds is 6. The van der Waals surface area contributed by atoms with E-state index in [1.807, 2.05) is 3.21 Å². The van der Waals surface area contributed by atoms with Gasteiger partial charge in [-0.05, 0) is 0 Å². The largest absolute Gasteiger partial charge is 1.00 e. The fourth-order valence-corrected chi connectivity index (χ4v) is 16.4. The molecule has 3 heteroatoms. The Morgan fingerprint density at radius 1 is 0.587 bits per heavy atom. The van der Waals surface area contributed by atoms with Crippen molar-refractivity contribution in [1.29, 1.82) is 0 Å². The average molecular weight is 725 g/mol. The molecule has 3 aliphatic rings. The molecule has 0 spiro atoms. The molecule has 0 unspecified atom stereocenters. The zero-order valence-electron chi connectivity index (χ0n) is 27.8. The van der Waals surface area contributed by atoms with Crippen LogP contribution in [0.5, 0.6) is 0 Å². The number of fused-ring (bicyclic) bond motifs is 3. The molecular formula is C43H46Cl2Zr. The first-order valence-electron chi connectivity index (χ1n) is 16.8. The monoisotopic (exact) mass is 722 g/mol. The van der Waals surface area contributed by atoms with Gasteiger partial charge in [0, 0.05) is 0 Å². The van der Waals surface area contributed by atoms with Gasteiger partial charge in [-0.25, -0.2) is 0 Å². The maximum atomic E-state index is 2.72. The van der Waals surface area contributed by atoms with Crippen molar-refractivity contribution in [2.24, 2.45) is 0 Å². The van der Waals surface area contributed by atoms with Crippen LogP contribution in [0.1, 0.15) is 106 Å². The number of benzene rings is 4. The molecule has 1 saturated carbocycles. The number of halogens is 2. The first kappa shape index (κ1) is 35.0. The Kier molecular flexibility index (Phi) is 11.0. The van der Waals surface area contributed by atoms with E-state index in [2.05, 4.69) is 137 Å². The van der Waals surface area contributed by atoms with E-state index in [1.165, 1.54) is 83.9 Å². The fourth-order valence-electron chi connectivity index (χ4n) is 7.92. The van der Waals surface area contributed by atoms with E-state index < -0.39 is 21.3 Å². The molecule has 4 aromatic carbocycles. The standard InChI is InChI=1S/C31H29.C7H12.C5H5.2ClH.Zr/c1-30(2,24-11-7-5-8-12-24)26-17-15-22-19-23-16-18-27(21-29(23)28(22)20-26)31(3,4)25-13-9-6-10-14-25;1-2-4-6-7-5-3-1;1-2-4-5-3-1;;;/h5-15,17-18,20-21H,19H2,1-4H3;1-6H2;1-3H,4H2;2*1H;/q;;;;;+2/p-2. The van der Waals surface area contributed by atoms with Crippen LogP contribution in [0, 0.1) is 0 Å². The summed E-state index contributed by atoms with van der Waals surface area (Å²) in [6, 6.07) is 35.0. The summed E-state index contributed by atoms with van der Waals surface area (Å²) in [5.41, 5.74) is 11.7. The third kappa shape index (κ3) is 6.55. The molecule has 0 aromatic heterocycles. The molecule has 0 heterocycles. The minimum Gasteiger partial charge on any atom is -1.00 e. The van der Waals surface area contributed by atoms with Crippen LogP contribution in [-0.4, -0.2) is 3.21 Å². The number of allylic oxidation sites excluding steroid dienone is 4. The Morgan fingerprint density at radius 3 is 1.76 bits per heavy atom. The first-order valence-corrected chi connectivity index (χ1v) is 20.5. The molecule has 46 heavy (non-hydrogen) atoms. The van der Waals surface area contributed by atoms with E-state index in [0.29, 0.717) is 0 Å². The van der Waals surface area contributed by atoms with Crippen LogP contribution >= 0.6 is 0 Å². The Bertz CT molecular complexity index is 1780. The SMILES string of the molecule is CC(C)(c1ccccc1)c1ccc2c(c1)-c1cc(C(C)(C)c3ccccc3)c[c]([Zr+2]([C]3=CC=CC3)=[C]3CCCCCC3)c1C2.[Cl-].[Cl-]. The smallest absolute Gasteiger partial charge is 1.00 e. The predicted molar refractivity (Wildman–Crippen MR) is 186 cm³/mol. The summed E-state index contributed by atoms with van der Waals surface area (Å²) in [5.74, 6) is 0. The summed E-state index contributed by atoms with van der Waals surface area (Å²) in [7, 11) is 0. The minimum atomic E-state index is -2.30. The van der Waals surface area contributed by atoms with E-state index in [4.69, 9.17) is 0 Å². The van der Waals surface area contributed by atoms with Gasteiger partial charge in [-0.2, -0.15) is 0 Å². The van der Waals surface area contributed by atoms with Crippen LogP contribution < -0.4 is 28.1 Å². The van der Waals surface area contributed by atoms with Gasteiger partial charge in [0.25, 0.3) is 0 Å². The van der Waals surface area contributed by atoms with Crippen LogP contribution in [-0.2, 0) is 38.5 Å². The topological polar surface area (TPSA) is 0 Å². The Balaban J connectivity index is 0.00000208. The maximum absolute atomic E-state index is 2.72. The van der Waals surface area contributed by atoms with Crippen molar-refractivity contribution in [3.8, 4) is 11.1 Å². The molecule has 236 valence electrons. The normalized spacial score (nSPS) is 15.5. The van der Waals surface area contributed by atoms with Gasteiger partial charge in [0.05, 0.1) is 0 Å².